The molecule has 0 aromatic heterocycles. The van der Waals surface area contributed by atoms with Gasteiger partial charge in [-0.25, -0.2) is 0 Å². The summed E-state index contributed by atoms with van der Waals surface area (Å²) in [5, 5.41) is 11.1. The van der Waals surface area contributed by atoms with Crippen molar-refractivity contribution < 1.29 is 14.7 Å². The first-order valence-corrected chi connectivity index (χ1v) is 7.07. The number of likely N-dealkylation sites (N-methyl/N-ethyl adjacent to an activating group) is 1. The number of nitrogens with zero attached hydrogens (tertiary/aromatic N) is 1. The lowest BCUT2D eigenvalue weighted by molar-refractivity contribution is -0.144. The van der Waals surface area contributed by atoms with Crippen molar-refractivity contribution in [3.63, 3.8) is 0 Å². The highest BCUT2D eigenvalue weighted by atomic mass is 16.4. The van der Waals surface area contributed by atoms with E-state index in [4.69, 9.17) is 5.11 Å². The first-order valence-electron chi connectivity index (χ1n) is 7.07. The van der Waals surface area contributed by atoms with E-state index in [9.17, 15) is 9.59 Å². The molecule has 0 atom stereocenters. The minimum atomic E-state index is -0.976. The van der Waals surface area contributed by atoms with Gasteiger partial charge >= 0.3 is 5.97 Å². The minimum absolute atomic E-state index is 0.118. The van der Waals surface area contributed by atoms with Crippen molar-refractivity contribution >= 4 is 22.6 Å². The molecule has 4 heteroatoms. The van der Waals surface area contributed by atoms with Crippen molar-refractivity contribution in [2.45, 2.75) is 19.8 Å². The average Bonchev–Trinajstić information content (AvgIpc) is 2.49. The molecule has 21 heavy (non-hydrogen) atoms. The van der Waals surface area contributed by atoms with E-state index in [1.54, 1.807) is 6.92 Å². The lowest BCUT2D eigenvalue weighted by atomic mass is 10.0. The summed E-state index contributed by atoms with van der Waals surface area (Å²) >= 11 is 0. The summed E-state index contributed by atoms with van der Waals surface area (Å²) in [7, 11) is 0. The van der Waals surface area contributed by atoms with Gasteiger partial charge in [0.15, 0.2) is 0 Å². The molecule has 2 aromatic carbocycles. The van der Waals surface area contributed by atoms with Crippen molar-refractivity contribution in [1.82, 2.24) is 4.90 Å². The third kappa shape index (κ3) is 4.05. The molecule has 0 spiro atoms. The molecule has 1 amide bonds. The molecule has 0 fully saturated rings. The second kappa shape index (κ2) is 6.88. The summed E-state index contributed by atoms with van der Waals surface area (Å²) in [6.45, 7) is 1.98. The molecule has 0 bridgehead atoms. The number of aryl methyl sites for hydroxylation is 1. The lowest BCUT2D eigenvalue weighted by Crippen LogP contribution is -2.35. The molecule has 0 saturated heterocycles. The molecule has 1 N–H and O–H groups in total. The van der Waals surface area contributed by atoms with Crippen LogP contribution in [0.4, 0.5) is 0 Å². The Labute approximate surface area is 124 Å². The van der Waals surface area contributed by atoms with Gasteiger partial charge in [-0.05, 0) is 29.7 Å². The number of fused-ring (bicyclic) bond motifs is 1. The number of carbonyl (C=O) groups is 2. The van der Waals surface area contributed by atoms with Crippen molar-refractivity contribution in [3.8, 4) is 0 Å². The van der Waals surface area contributed by atoms with Gasteiger partial charge < -0.3 is 10.0 Å². The molecule has 2 aromatic rings. The Kier molecular flexibility index (Phi) is 4.93. The lowest BCUT2D eigenvalue weighted by Gasteiger charge is -2.18. The second-order valence-corrected chi connectivity index (χ2v) is 4.98. The van der Waals surface area contributed by atoms with Gasteiger partial charge in [-0.2, -0.15) is 0 Å². The number of rotatable bonds is 6. The Morgan fingerprint density at radius 3 is 2.48 bits per heavy atom. The molecule has 0 unspecified atom stereocenters. The predicted molar refractivity (Wildman–Crippen MR) is 82.2 cm³/mol. The Bertz CT molecular complexity index is 651. The highest BCUT2D eigenvalue weighted by Crippen LogP contribution is 2.16. The van der Waals surface area contributed by atoms with Crippen LogP contribution in [0, 0.1) is 0 Å². The number of amides is 1. The third-order valence-corrected chi connectivity index (χ3v) is 3.50. The van der Waals surface area contributed by atoms with Gasteiger partial charge in [0.25, 0.3) is 0 Å². The van der Waals surface area contributed by atoms with Crippen LogP contribution in [0.2, 0.25) is 0 Å². The molecule has 4 nitrogen and oxygen atoms in total. The maximum Gasteiger partial charge on any atom is 0.323 e. The molecule has 0 aliphatic carbocycles. The van der Waals surface area contributed by atoms with Crippen molar-refractivity contribution in [3.05, 3.63) is 48.0 Å². The van der Waals surface area contributed by atoms with Crippen molar-refractivity contribution in [2.75, 3.05) is 13.1 Å². The number of carbonyl (C=O) groups excluding carboxylic acids is 1. The number of hydrogen-bond acceptors (Lipinski definition) is 2. The predicted octanol–water partition coefficient (Wildman–Crippen LogP) is 2.71. The van der Waals surface area contributed by atoms with Crippen LogP contribution < -0.4 is 0 Å². The molecule has 0 radical (unpaired) electrons. The SMILES string of the molecule is CCN(CC(=O)O)C(=O)CCc1ccc2ccccc2c1. The van der Waals surface area contributed by atoms with Crippen LogP contribution in [0.1, 0.15) is 18.9 Å². The van der Waals surface area contributed by atoms with E-state index < -0.39 is 5.97 Å². The smallest absolute Gasteiger partial charge is 0.323 e. The molecule has 110 valence electrons. The normalized spacial score (nSPS) is 10.5. The first-order chi connectivity index (χ1) is 10.1. The number of carboxylic acid groups (broad SMARTS) is 1. The number of carboxylic acids is 1. The zero-order chi connectivity index (χ0) is 15.2. The van der Waals surface area contributed by atoms with Crippen LogP contribution in [0.3, 0.4) is 0 Å². The largest absolute Gasteiger partial charge is 0.480 e. The number of benzene rings is 2. The highest BCUT2D eigenvalue weighted by Gasteiger charge is 2.14. The van der Waals surface area contributed by atoms with Gasteiger partial charge in [-0.3, -0.25) is 9.59 Å². The summed E-state index contributed by atoms with van der Waals surface area (Å²) in [4.78, 5) is 24.1. The molecule has 0 aliphatic heterocycles. The molecular formula is C17H19NO3. The van der Waals surface area contributed by atoms with E-state index in [0.717, 1.165) is 10.9 Å². The standard InChI is InChI=1S/C17H19NO3/c1-2-18(12-17(20)21)16(19)10-8-13-7-9-14-5-3-4-6-15(14)11-13/h3-7,9,11H,2,8,10,12H2,1H3,(H,20,21). The van der Waals surface area contributed by atoms with E-state index in [1.165, 1.54) is 10.3 Å². The van der Waals surface area contributed by atoms with Gasteiger partial charge in [0.1, 0.15) is 6.54 Å². The third-order valence-electron chi connectivity index (χ3n) is 3.50. The zero-order valence-electron chi connectivity index (χ0n) is 12.1. The maximum atomic E-state index is 12.0. The monoisotopic (exact) mass is 285 g/mol. The molecule has 0 heterocycles. The van der Waals surface area contributed by atoms with Gasteiger partial charge in [0.2, 0.25) is 5.91 Å². The fourth-order valence-corrected chi connectivity index (χ4v) is 2.34. The molecule has 2 rings (SSSR count). The van der Waals surface area contributed by atoms with Crippen LogP contribution >= 0.6 is 0 Å². The van der Waals surface area contributed by atoms with Gasteiger partial charge in [0.05, 0.1) is 0 Å². The highest BCUT2D eigenvalue weighted by molar-refractivity contribution is 5.84. The Morgan fingerprint density at radius 2 is 1.81 bits per heavy atom. The fraction of sp³-hybridized carbons (Fsp3) is 0.294. The quantitative estimate of drug-likeness (QED) is 0.887. The summed E-state index contributed by atoms with van der Waals surface area (Å²) in [5.74, 6) is -1.09. The van der Waals surface area contributed by atoms with Gasteiger partial charge in [-0.15, -0.1) is 0 Å². The summed E-state index contributed by atoms with van der Waals surface area (Å²) in [6.07, 6.45) is 0.958. The van der Waals surface area contributed by atoms with Crippen LogP contribution in [-0.4, -0.2) is 35.0 Å². The van der Waals surface area contributed by atoms with E-state index in [-0.39, 0.29) is 12.5 Å². The maximum absolute atomic E-state index is 12.0. The van der Waals surface area contributed by atoms with Crippen LogP contribution in [-0.2, 0) is 16.0 Å². The Hall–Kier alpha value is -2.36. The molecular weight excluding hydrogens is 266 g/mol. The van der Waals surface area contributed by atoms with E-state index in [2.05, 4.69) is 12.1 Å². The summed E-state index contributed by atoms with van der Waals surface area (Å²) in [6, 6.07) is 14.2. The summed E-state index contributed by atoms with van der Waals surface area (Å²) in [5.41, 5.74) is 1.09. The van der Waals surface area contributed by atoms with E-state index in [1.807, 2.05) is 30.3 Å². The second-order valence-electron chi connectivity index (χ2n) is 4.98. The average molecular weight is 285 g/mol. The Balaban J connectivity index is 2.00. The van der Waals surface area contributed by atoms with E-state index >= 15 is 0 Å². The van der Waals surface area contributed by atoms with Gasteiger partial charge in [0, 0.05) is 13.0 Å². The van der Waals surface area contributed by atoms with Crippen LogP contribution in [0.15, 0.2) is 42.5 Å². The molecule has 0 saturated carbocycles. The van der Waals surface area contributed by atoms with Crippen molar-refractivity contribution in [2.24, 2.45) is 0 Å². The zero-order valence-corrected chi connectivity index (χ0v) is 12.1. The fourth-order valence-electron chi connectivity index (χ4n) is 2.34. The van der Waals surface area contributed by atoms with E-state index in [0.29, 0.717) is 19.4 Å². The van der Waals surface area contributed by atoms with Crippen LogP contribution in [0.25, 0.3) is 10.8 Å². The van der Waals surface area contributed by atoms with Crippen molar-refractivity contribution in [1.29, 1.82) is 0 Å². The number of hydrogen-bond donors (Lipinski definition) is 1. The molecule has 0 aliphatic rings. The minimum Gasteiger partial charge on any atom is -0.480 e. The topological polar surface area (TPSA) is 57.6 Å². The summed E-state index contributed by atoms with van der Waals surface area (Å²) < 4.78 is 0. The van der Waals surface area contributed by atoms with Crippen LogP contribution in [0.5, 0.6) is 0 Å². The Morgan fingerprint density at radius 1 is 1.10 bits per heavy atom. The van der Waals surface area contributed by atoms with Gasteiger partial charge in [-0.1, -0.05) is 42.5 Å². The first kappa shape index (κ1) is 15.0. The number of aliphatic carboxylic acids is 1.